The van der Waals surface area contributed by atoms with Gasteiger partial charge >= 0.3 is 0 Å². The number of hydrogen-bond donors (Lipinski definition) is 2. The molecule has 28 heavy (non-hydrogen) atoms. The number of carbonyl (C=O) groups excluding carboxylic acids is 1. The lowest BCUT2D eigenvalue weighted by molar-refractivity contribution is 0.102. The number of anilines is 2. The average molecular weight is 398 g/mol. The first-order chi connectivity index (χ1) is 13.4. The fraction of sp³-hybridized carbons (Fsp3) is 0.0952. The molecule has 0 aliphatic heterocycles. The van der Waals surface area contributed by atoms with Crippen LogP contribution in [0.25, 0.3) is 0 Å². The van der Waals surface area contributed by atoms with Crippen molar-refractivity contribution in [3.8, 4) is 0 Å². The molecule has 0 unspecified atom stereocenters. The zero-order valence-corrected chi connectivity index (χ0v) is 16.0. The molecule has 0 heterocycles. The van der Waals surface area contributed by atoms with Crippen LogP contribution >= 0.6 is 0 Å². The van der Waals surface area contributed by atoms with Gasteiger partial charge in [-0.1, -0.05) is 19.1 Å². The Morgan fingerprint density at radius 3 is 2.00 bits per heavy atom. The summed E-state index contributed by atoms with van der Waals surface area (Å²) in [7, 11) is -3.84. The van der Waals surface area contributed by atoms with Gasteiger partial charge in [0.1, 0.15) is 5.82 Å². The average Bonchev–Trinajstić information content (AvgIpc) is 2.70. The fourth-order valence-electron chi connectivity index (χ4n) is 2.54. The highest BCUT2D eigenvalue weighted by atomic mass is 32.2. The molecule has 0 saturated carbocycles. The molecule has 3 aromatic rings. The van der Waals surface area contributed by atoms with E-state index in [0.717, 1.165) is 6.42 Å². The molecule has 1 amide bonds. The van der Waals surface area contributed by atoms with Crippen molar-refractivity contribution in [3.63, 3.8) is 0 Å². The van der Waals surface area contributed by atoms with Crippen LogP contribution in [-0.2, 0) is 16.4 Å². The van der Waals surface area contributed by atoms with Crippen LogP contribution in [0.2, 0.25) is 0 Å². The second kappa shape index (κ2) is 8.22. The summed E-state index contributed by atoms with van der Waals surface area (Å²) in [5.74, 6) is -0.790. The number of sulfonamides is 1. The number of rotatable bonds is 6. The number of halogens is 1. The predicted molar refractivity (Wildman–Crippen MR) is 107 cm³/mol. The number of carbonyl (C=O) groups is 1. The van der Waals surface area contributed by atoms with Crippen LogP contribution in [0.3, 0.4) is 0 Å². The highest BCUT2D eigenvalue weighted by Gasteiger charge is 2.15. The van der Waals surface area contributed by atoms with Crippen LogP contribution < -0.4 is 10.0 Å². The van der Waals surface area contributed by atoms with E-state index in [0.29, 0.717) is 11.3 Å². The van der Waals surface area contributed by atoms with Crippen LogP contribution in [-0.4, -0.2) is 14.3 Å². The topological polar surface area (TPSA) is 75.3 Å². The van der Waals surface area contributed by atoms with Crippen molar-refractivity contribution in [2.75, 3.05) is 10.0 Å². The molecule has 0 aromatic heterocycles. The Balaban J connectivity index is 1.70. The molecule has 0 saturated heterocycles. The third kappa shape index (κ3) is 4.75. The van der Waals surface area contributed by atoms with Gasteiger partial charge in [-0.3, -0.25) is 9.52 Å². The normalized spacial score (nSPS) is 11.1. The second-order valence-electron chi connectivity index (χ2n) is 6.14. The molecule has 144 valence electrons. The minimum Gasteiger partial charge on any atom is -0.322 e. The molecule has 5 nitrogen and oxygen atoms in total. The maximum Gasteiger partial charge on any atom is 0.261 e. The highest BCUT2D eigenvalue weighted by Crippen LogP contribution is 2.18. The molecule has 0 bridgehead atoms. The molecular formula is C21H19FN2O3S. The van der Waals surface area contributed by atoms with Gasteiger partial charge in [0, 0.05) is 16.9 Å². The zero-order chi connectivity index (χ0) is 20.1. The van der Waals surface area contributed by atoms with Crippen molar-refractivity contribution >= 4 is 27.3 Å². The quantitative estimate of drug-likeness (QED) is 0.645. The van der Waals surface area contributed by atoms with Crippen LogP contribution in [0.15, 0.2) is 77.7 Å². The summed E-state index contributed by atoms with van der Waals surface area (Å²) >= 11 is 0. The lowest BCUT2D eigenvalue weighted by Crippen LogP contribution is -2.14. The Labute approximate surface area is 163 Å². The van der Waals surface area contributed by atoms with Gasteiger partial charge in [-0.15, -0.1) is 0 Å². The third-order valence-corrected chi connectivity index (χ3v) is 5.54. The number of amides is 1. The van der Waals surface area contributed by atoms with E-state index in [-0.39, 0.29) is 16.5 Å². The maximum absolute atomic E-state index is 12.9. The molecule has 0 spiro atoms. The van der Waals surface area contributed by atoms with Crippen LogP contribution in [0.1, 0.15) is 22.8 Å². The third-order valence-electron chi connectivity index (χ3n) is 4.14. The Hall–Kier alpha value is -3.19. The fourth-order valence-corrected chi connectivity index (χ4v) is 3.60. The minimum absolute atomic E-state index is 0.000624. The summed E-state index contributed by atoms with van der Waals surface area (Å²) in [5.41, 5.74) is 2.41. The monoisotopic (exact) mass is 398 g/mol. The first-order valence-electron chi connectivity index (χ1n) is 8.66. The van der Waals surface area contributed by atoms with E-state index in [1.807, 2.05) is 31.2 Å². The number of benzene rings is 3. The zero-order valence-electron chi connectivity index (χ0n) is 15.1. The lowest BCUT2D eigenvalue weighted by atomic mass is 10.1. The summed E-state index contributed by atoms with van der Waals surface area (Å²) in [6, 6.07) is 18.1. The summed E-state index contributed by atoms with van der Waals surface area (Å²) in [5, 5.41) is 2.77. The van der Waals surface area contributed by atoms with E-state index < -0.39 is 15.8 Å². The van der Waals surface area contributed by atoms with Crippen molar-refractivity contribution in [1.82, 2.24) is 0 Å². The van der Waals surface area contributed by atoms with Gasteiger partial charge in [-0.25, -0.2) is 12.8 Å². The Bertz CT molecular complexity index is 1060. The van der Waals surface area contributed by atoms with Crippen molar-refractivity contribution in [1.29, 1.82) is 0 Å². The van der Waals surface area contributed by atoms with Gasteiger partial charge in [0.05, 0.1) is 4.90 Å². The summed E-state index contributed by atoms with van der Waals surface area (Å²) in [6.45, 7) is 2.05. The lowest BCUT2D eigenvalue weighted by Gasteiger charge is -2.09. The summed E-state index contributed by atoms with van der Waals surface area (Å²) in [6.07, 6.45) is 0.913. The van der Waals surface area contributed by atoms with Crippen LogP contribution in [0.4, 0.5) is 15.8 Å². The molecule has 3 rings (SSSR count). The second-order valence-corrected chi connectivity index (χ2v) is 7.82. The summed E-state index contributed by atoms with van der Waals surface area (Å²) in [4.78, 5) is 12.3. The Morgan fingerprint density at radius 2 is 1.43 bits per heavy atom. The van der Waals surface area contributed by atoms with E-state index in [9.17, 15) is 17.6 Å². The minimum atomic E-state index is -3.84. The molecular weight excluding hydrogens is 379 g/mol. The summed E-state index contributed by atoms with van der Waals surface area (Å²) < 4.78 is 40.1. The smallest absolute Gasteiger partial charge is 0.261 e. The SMILES string of the molecule is CCc1ccc(NC(=O)c2ccc(S(=O)(=O)Nc3ccc(F)cc3)cc2)cc1. The molecule has 0 aliphatic carbocycles. The highest BCUT2D eigenvalue weighted by molar-refractivity contribution is 7.92. The molecule has 0 radical (unpaired) electrons. The van der Waals surface area contributed by atoms with E-state index in [2.05, 4.69) is 10.0 Å². The van der Waals surface area contributed by atoms with Gasteiger partial charge in [0.2, 0.25) is 0 Å². The molecule has 3 aromatic carbocycles. The standard InChI is InChI=1S/C21H19FN2O3S/c1-2-15-3-9-18(10-4-15)23-21(25)16-5-13-20(14-6-16)28(26,27)24-19-11-7-17(22)8-12-19/h3-14,24H,2H2,1H3,(H,23,25). The van der Waals surface area contributed by atoms with Gasteiger partial charge in [-0.05, 0) is 72.6 Å². The number of aryl methyl sites for hydroxylation is 1. The van der Waals surface area contributed by atoms with Crippen molar-refractivity contribution in [2.24, 2.45) is 0 Å². The van der Waals surface area contributed by atoms with E-state index in [1.54, 1.807) is 0 Å². The molecule has 7 heteroatoms. The molecule has 0 atom stereocenters. The Kier molecular flexibility index (Phi) is 5.75. The maximum atomic E-state index is 12.9. The first kappa shape index (κ1) is 19.6. The van der Waals surface area contributed by atoms with Crippen molar-refractivity contribution in [2.45, 2.75) is 18.2 Å². The van der Waals surface area contributed by atoms with E-state index in [1.165, 1.54) is 54.1 Å². The van der Waals surface area contributed by atoms with Crippen LogP contribution in [0, 0.1) is 5.82 Å². The first-order valence-corrected chi connectivity index (χ1v) is 10.1. The van der Waals surface area contributed by atoms with Gasteiger partial charge in [0.25, 0.3) is 15.9 Å². The predicted octanol–water partition coefficient (Wildman–Crippen LogP) is 4.44. The van der Waals surface area contributed by atoms with Gasteiger partial charge in [0.15, 0.2) is 0 Å². The number of nitrogens with one attached hydrogen (secondary N) is 2. The Morgan fingerprint density at radius 1 is 0.857 bits per heavy atom. The molecule has 2 N–H and O–H groups in total. The van der Waals surface area contributed by atoms with Gasteiger partial charge in [-0.2, -0.15) is 0 Å². The largest absolute Gasteiger partial charge is 0.322 e. The van der Waals surface area contributed by atoms with Crippen molar-refractivity contribution in [3.05, 3.63) is 89.7 Å². The molecule has 0 aliphatic rings. The number of hydrogen-bond acceptors (Lipinski definition) is 3. The van der Waals surface area contributed by atoms with Gasteiger partial charge < -0.3 is 5.32 Å². The van der Waals surface area contributed by atoms with E-state index >= 15 is 0 Å². The van der Waals surface area contributed by atoms with E-state index in [4.69, 9.17) is 0 Å². The van der Waals surface area contributed by atoms with Crippen molar-refractivity contribution < 1.29 is 17.6 Å². The van der Waals surface area contributed by atoms with Crippen LogP contribution in [0.5, 0.6) is 0 Å². The molecule has 0 fully saturated rings.